The average Bonchev–Trinajstić information content (AvgIpc) is 2.94. The molecule has 1 fully saturated rings. The van der Waals surface area contributed by atoms with Gasteiger partial charge >= 0.3 is 7.12 Å². The van der Waals surface area contributed by atoms with E-state index in [9.17, 15) is 0 Å². The minimum absolute atomic E-state index is 0.314. The van der Waals surface area contributed by atoms with Crippen LogP contribution < -0.4 is 5.46 Å². The normalized spacial score (nSPS) is 19.9. The van der Waals surface area contributed by atoms with Crippen LogP contribution in [0.25, 0.3) is 10.2 Å². The summed E-state index contributed by atoms with van der Waals surface area (Å²) in [6, 6.07) is 6.33. The van der Waals surface area contributed by atoms with Gasteiger partial charge < -0.3 is 14.2 Å². The summed E-state index contributed by atoms with van der Waals surface area (Å²) in [5, 5.41) is 1.18. The standard InChI is InChI=1S/C17H25BN2O2S/c1-16(2)17(3,4)22-18(21-16)12-7-8-14-13(11-12)19-15(23-14)9-10-20(5)6/h7-8,11H,9-10H2,1-6H3. The van der Waals surface area contributed by atoms with Gasteiger partial charge in [-0.05, 0) is 59.4 Å². The van der Waals surface area contributed by atoms with Gasteiger partial charge in [0.1, 0.15) is 0 Å². The molecule has 0 aliphatic carbocycles. The van der Waals surface area contributed by atoms with Crippen molar-refractivity contribution in [1.82, 2.24) is 9.88 Å². The van der Waals surface area contributed by atoms with E-state index < -0.39 is 0 Å². The molecule has 0 radical (unpaired) electrons. The van der Waals surface area contributed by atoms with Crippen LogP contribution in [-0.4, -0.2) is 48.8 Å². The first kappa shape index (κ1) is 16.9. The highest BCUT2D eigenvalue weighted by molar-refractivity contribution is 7.18. The van der Waals surface area contributed by atoms with Crippen molar-refractivity contribution in [3.63, 3.8) is 0 Å². The minimum atomic E-state index is -0.323. The van der Waals surface area contributed by atoms with E-state index in [0.29, 0.717) is 0 Å². The van der Waals surface area contributed by atoms with E-state index in [0.717, 1.165) is 23.9 Å². The van der Waals surface area contributed by atoms with Crippen LogP contribution in [0.4, 0.5) is 0 Å². The van der Waals surface area contributed by atoms with Crippen LogP contribution in [-0.2, 0) is 15.7 Å². The lowest BCUT2D eigenvalue weighted by molar-refractivity contribution is 0.00578. The number of hydrogen-bond donors (Lipinski definition) is 0. The molecule has 0 spiro atoms. The molecule has 0 atom stereocenters. The van der Waals surface area contributed by atoms with Gasteiger partial charge in [0, 0.05) is 13.0 Å². The zero-order valence-electron chi connectivity index (χ0n) is 14.8. The third-order valence-electron chi connectivity index (χ3n) is 4.75. The van der Waals surface area contributed by atoms with Crippen LogP contribution in [0.5, 0.6) is 0 Å². The van der Waals surface area contributed by atoms with Crippen molar-refractivity contribution < 1.29 is 9.31 Å². The fourth-order valence-electron chi connectivity index (χ4n) is 2.54. The van der Waals surface area contributed by atoms with Gasteiger partial charge in [0.2, 0.25) is 0 Å². The van der Waals surface area contributed by atoms with Gasteiger partial charge in [-0.15, -0.1) is 11.3 Å². The lowest BCUT2D eigenvalue weighted by Gasteiger charge is -2.32. The molecule has 23 heavy (non-hydrogen) atoms. The third kappa shape index (κ3) is 3.31. The molecule has 1 aromatic heterocycles. The molecule has 0 saturated carbocycles. The Morgan fingerprint density at radius 2 is 1.78 bits per heavy atom. The Bertz CT molecular complexity index is 696. The minimum Gasteiger partial charge on any atom is -0.399 e. The molecule has 1 saturated heterocycles. The summed E-state index contributed by atoms with van der Waals surface area (Å²) in [6.45, 7) is 9.33. The maximum Gasteiger partial charge on any atom is 0.494 e. The monoisotopic (exact) mass is 332 g/mol. The van der Waals surface area contributed by atoms with Crippen LogP contribution in [0.3, 0.4) is 0 Å². The predicted octanol–water partition coefficient (Wildman–Crippen LogP) is 2.70. The Labute approximate surface area is 142 Å². The summed E-state index contributed by atoms with van der Waals surface area (Å²) < 4.78 is 13.5. The largest absolute Gasteiger partial charge is 0.494 e. The van der Waals surface area contributed by atoms with Crippen molar-refractivity contribution in [2.75, 3.05) is 20.6 Å². The summed E-state index contributed by atoms with van der Waals surface area (Å²) in [5.74, 6) is 0. The molecular weight excluding hydrogens is 307 g/mol. The van der Waals surface area contributed by atoms with E-state index in [-0.39, 0.29) is 18.3 Å². The highest BCUT2D eigenvalue weighted by Gasteiger charge is 2.51. The number of aromatic nitrogens is 1. The van der Waals surface area contributed by atoms with E-state index in [1.54, 1.807) is 11.3 Å². The first-order valence-corrected chi connectivity index (χ1v) is 8.89. The van der Waals surface area contributed by atoms with Crippen LogP contribution in [0, 0.1) is 0 Å². The molecule has 0 bridgehead atoms. The number of thiazole rings is 1. The molecule has 4 nitrogen and oxygen atoms in total. The Morgan fingerprint density at radius 3 is 2.39 bits per heavy atom. The van der Waals surface area contributed by atoms with Crippen molar-refractivity contribution >= 4 is 34.1 Å². The van der Waals surface area contributed by atoms with Crippen molar-refractivity contribution in [3.8, 4) is 0 Å². The van der Waals surface area contributed by atoms with E-state index in [1.165, 1.54) is 9.71 Å². The van der Waals surface area contributed by atoms with Crippen molar-refractivity contribution in [2.45, 2.75) is 45.3 Å². The first-order valence-electron chi connectivity index (χ1n) is 8.08. The summed E-state index contributed by atoms with van der Waals surface area (Å²) in [6.07, 6.45) is 0.984. The molecule has 3 rings (SSSR count). The van der Waals surface area contributed by atoms with Gasteiger partial charge in [-0.3, -0.25) is 0 Å². The van der Waals surface area contributed by atoms with Crippen LogP contribution in [0.15, 0.2) is 18.2 Å². The Balaban J connectivity index is 1.83. The fourth-order valence-corrected chi connectivity index (χ4v) is 3.48. The number of hydrogen-bond acceptors (Lipinski definition) is 5. The van der Waals surface area contributed by atoms with E-state index in [4.69, 9.17) is 14.3 Å². The van der Waals surface area contributed by atoms with Crippen molar-refractivity contribution in [1.29, 1.82) is 0 Å². The molecule has 0 unspecified atom stereocenters. The summed E-state index contributed by atoms with van der Waals surface area (Å²) in [4.78, 5) is 6.95. The Kier molecular flexibility index (Phi) is 4.30. The number of likely N-dealkylation sites (N-methyl/N-ethyl adjacent to an activating group) is 1. The molecule has 0 amide bonds. The van der Waals surface area contributed by atoms with Gasteiger partial charge in [0.15, 0.2) is 0 Å². The first-order chi connectivity index (χ1) is 10.7. The van der Waals surface area contributed by atoms with Gasteiger partial charge in [-0.25, -0.2) is 4.98 Å². The number of benzene rings is 1. The molecule has 1 aromatic carbocycles. The number of rotatable bonds is 4. The van der Waals surface area contributed by atoms with E-state index in [2.05, 4.69) is 64.9 Å². The SMILES string of the molecule is CN(C)CCc1nc2cc(B3OC(C)(C)C(C)(C)O3)ccc2s1. The summed E-state index contributed by atoms with van der Waals surface area (Å²) in [5.41, 5.74) is 1.45. The van der Waals surface area contributed by atoms with Crippen molar-refractivity contribution in [3.05, 3.63) is 23.2 Å². The second-order valence-corrected chi connectivity index (χ2v) is 8.59. The van der Waals surface area contributed by atoms with Gasteiger partial charge in [-0.1, -0.05) is 6.07 Å². The number of fused-ring (bicyclic) bond motifs is 1. The smallest absolute Gasteiger partial charge is 0.399 e. The summed E-state index contributed by atoms with van der Waals surface area (Å²) in [7, 11) is 3.85. The molecule has 2 heterocycles. The molecular formula is C17H25BN2O2S. The molecule has 1 aliphatic rings. The molecule has 124 valence electrons. The second-order valence-electron chi connectivity index (χ2n) is 7.48. The molecule has 6 heteroatoms. The predicted molar refractivity (Wildman–Crippen MR) is 97.6 cm³/mol. The fraction of sp³-hybridized carbons (Fsp3) is 0.588. The maximum atomic E-state index is 6.13. The molecule has 2 aromatic rings. The zero-order chi connectivity index (χ0) is 16.8. The number of nitrogens with zero attached hydrogens (tertiary/aromatic N) is 2. The quantitative estimate of drug-likeness (QED) is 0.807. The topological polar surface area (TPSA) is 34.6 Å². The molecule has 0 N–H and O–H groups in total. The van der Waals surface area contributed by atoms with Gasteiger partial charge in [0.05, 0.1) is 26.4 Å². The summed E-state index contributed by atoms with van der Waals surface area (Å²) >= 11 is 1.77. The van der Waals surface area contributed by atoms with E-state index >= 15 is 0 Å². The Hall–Kier alpha value is -0.945. The van der Waals surface area contributed by atoms with Crippen LogP contribution >= 0.6 is 11.3 Å². The lowest BCUT2D eigenvalue weighted by Crippen LogP contribution is -2.41. The third-order valence-corrected chi connectivity index (χ3v) is 5.85. The second kappa shape index (κ2) is 5.85. The molecule has 1 aliphatic heterocycles. The zero-order valence-corrected chi connectivity index (χ0v) is 15.7. The average molecular weight is 332 g/mol. The highest BCUT2D eigenvalue weighted by Crippen LogP contribution is 2.36. The lowest BCUT2D eigenvalue weighted by atomic mass is 9.79. The van der Waals surface area contributed by atoms with Crippen molar-refractivity contribution in [2.24, 2.45) is 0 Å². The van der Waals surface area contributed by atoms with Crippen LogP contribution in [0.2, 0.25) is 0 Å². The van der Waals surface area contributed by atoms with Gasteiger partial charge in [0.25, 0.3) is 0 Å². The highest BCUT2D eigenvalue weighted by atomic mass is 32.1. The Morgan fingerprint density at radius 1 is 1.13 bits per heavy atom. The van der Waals surface area contributed by atoms with Crippen LogP contribution in [0.1, 0.15) is 32.7 Å². The maximum absolute atomic E-state index is 6.13. The van der Waals surface area contributed by atoms with Gasteiger partial charge in [-0.2, -0.15) is 0 Å². The van der Waals surface area contributed by atoms with E-state index in [1.807, 2.05) is 0 Å².